The van der Waals surface area contributed by atoms with Gasteiger partial charge in [-0.1, -0.05) is 64.7 Å². The minimum Gasteiger partial charge on any atom is -0.303 e. The van der Waals surface area contributed by atoms with E-state index in [1.54, 1.807) is 0 Å². The summed E-state index contributed by atoms with van der Waals surface area (Å²) in [5, 5.41) is 0. The van der Waals surface area contributed by atoms with E-state index >= 15 is 0 Å². The van der Waals surface area contributed by atoms with E-state index in [1.165, 1.54) is 213 Å². The van der Waals surface area contributed by atoms with Crippen LogP contribution in [-0.4, -0.2) is 98.1 Å². The summed E-state index contributed by atoms with van der Waals surface area (Å²) in [6.07, 6.45) is 29.9. The summed E-state index contributed by atoms with van der Waals surface area (Å²) < 4.78 is 0. The van der Waals surface area contributed by atoms with Crippen molar-refractivity contribution in [3.63, 3.8) is 0 Å². The SMILES string of the molecule is CC1CCN2CCCCCCN3CCCCCCN(CCCCCCN(CCCCCC2)CCCCC3)CC1. The summed E-state index contributed by atoms with van der Waals surface area (Å²) in [5.41, 5.74) is 0. The van der Waals surface area contributed by atoms with Crippen molar-refractivity contribution in [2.45, 2.75) is 142 Å². The third-order valence-electron chi connectivity index (χ3n) is 10.1. The standard InChI is InChI=1S/C35H70N4/c1-35-21-33-38-29-15-6-2-11-23-36-24-12-3-7-17-31-39(34-22-35)32-18-9-5-14-26-37(28-20-10-19-27-36)25-13-4-8-16-30-38/h35H,2-34H2,1H3. The molecule has 4 heterocycles. The Bertz CT molecular complexity index is 477. The zero-order valence-corrected chi connectivity index (χ0v) is 26.7. The van der Waals surface area contributed by atoms with E-state index in [2.05, 4.69) is 26.5 Å². The molecule has 4 saturated heterocycles. The first-order chi connectivity index (χ1) is 19.3. The van der Waals surface area contributed by atoms with Gasteiger partial charge in [0.05, 0.1) is 0 Å². The topological polar surface area (TPSA) is 13.0 Å². The van der Waals surface area contributed by atoms with Crippen molar-refractivity contribution < 1.29 is 0 Å². The van der Waals surface area contributed by atoms with E-state index in [1.807, 2.05) is 0 Å². The molecule has 0 radical (unpaired) electrons. The maximum Gasteiger partial charge on any atom is -0.00162 e. The lowest BCUT2D eigenvalue weighted by Gasteiger charge is -2.28. The Morgan fingerprint density at radius 3 is 0.667 bits per heavy atom. The molecule has 0 saturated carbocycles. The number of rotatable bonds is 0. The first-order valence-electron chi connectivity index (χ1n) is 18.2. The predicted molar refractivity (Wildman–Crippen MR) is 172 cm³/mol. The van der Waals surface area contributed by atoms with Crippen LogP contribution in [-0.2, 0) is 0 Å². The minimum atomic E-state index is 0.863. The molecule has 4 nitrogen and oxygen atoms in total. The molecule has 0 unspecified atom stereocenters. The molecule has 230 valence electrons. The maximum absolute atomic E-state index is 2.86. The highest BCUT2D eigenvalue weighted by Crippen LogP contribution is 2.16. The Hall–Kier alpha value is -0.160. The molecule has 0 aromatic carbocycles. The number of hydrogen-bond acceptors (Lipinski definition) is 4. The van der Waals surface area contributed by atoms with Crippen LogP contribution in [0.2, 0.25) is 0 Å². The Morgan fingerprint density at radius 2 is 0.436 bits per heavy atom. The van der Waals surface area contributed by atoms with Gasteiger partial charge >= 0.3 is 0 Å². The second kappa shape index (κ2) is 22.4. The fraction of sp³-hybridized carbons (Fsp3) is 1.00. The van der Waals surface area contributed by atoms with E-state index in [0.29, 0.717) is 0 Å². The third kappa shape index (κ3) is 16.8. The van der Waals surface area contributed by atoms with Gasteiger partial charge in [-0.2, -0.15) is 0 Å². The molecule has 4 aliphatic heterocycles. The van der Waals surface area contributed by atoms with Crippen LogP contribution in [0.1, 0.15) is 142 Å². The average Bonchev–Trinajstić information content (AvgIpc) is 2.93. The van der Waals surface area contributed by atoms with Crippen molar-refractivity contribution in [1.29, 1.82) is 0 Å². The summed E-state index contributed by atoms with van der Waals surface area (Å²) >= 11 is 0. The predicted octanol–water partition coefficient (Wildman–Crippen LogP) is 8.06. The lowest BCUT2D eigenvalue weighted by molar-refractivity contribution is 0.209. The zero-order chi connectivity index (χ0) is 27.2. The van der Waals surface area contributed by atoms with Crippen LogP contribution < -0.4 is 0 Å². The van der Waals surface area contributed by atoms with Gasteiger partial charge in [-0.25, -0.2) is 0 Å². The molecular weight excluding hydrogens is 476 g/mol. The molecule has 4 rings (SSSR count). The molecule has 0 atom stereocenters. The highest BCUT2D eigenvalue weighted by Gasteiger charge is 2.13. The molecule has 0 amide bonds. The summed E-state index contributed by atoms with van der Waals surface area (Å²) in [4.78, 5) is 11.4. The van der Waals surface area contributed by atoms with Gasteiger partial charge in [-0.3, -0.25) is 0 Å². The van der Waals surface area contributed by atoms with Crippen LogP contribution in [0, 0.1) is 5.92 Å². The van der Waals surface area contributed by atoms with E-state index in [0.717, 1.165) is 5.92 Å². The molecule has 4 aliphatic rings. The minimum absolute atomic E-state index is 0.863. The van der Waals surface area contributed by atoms with Crippen LogP contribution in [0.5, 0.6) is 0 Å². The van der Waals surface area contributed by atoms with Crippen molar-refractivity contribution in [3.8, 4) is 0 Å². The quantitative estimate of drug-likeness (QED) is 0.304. The van der Waals surface area contributed by atoms with E-state index in [9.17, 15) is 0 Å². The second-order valence-corrected chi connectivity index (χ2v) is 13.8. The van der Waals surface area contributed by atoms with Crippen molar-refractivity contribution >= 4 is 0 Å². The molecule has 4 heteroatoms. The van der Waals surface area contributed by atoms with Crippen molar-refractivity contribution in [3.05, 3.63) is 0 Å². The van der Waals surface area contributed by atoms with Crippen LogP contribution >= 0.6 is 0 Å². The third-order valence-corrected chi connectivity index (χ3v) is 10.1. The maximum atomic E-state index is 2.86. The number of hydrogen-bond donors (Lipinski definition) is 0. The van der Waals surface area contributed by atoms with E-state index in [-0.39, 0.29) is 0 Å². The molecule has 0 N–H and O–H groups in total. The van der Waals surface area contributed by atoms with Gasteiger partial charge in [0, 0.05) is 0 Å². The fourth-order valence-corrected chi connectivity index (χ4v) is 7.24. The highest BCUT2D eigenvalue weighted by molar-refractivity contribution is 4.69. The van der Waals surface area contributed by atoms with Crippen LogP contribution in [0.4, 0.5) is 0 Å². The van der Waals surface area contributed by atoms with Gasteiger partial charge < -0.3 is 19.6 Å². The summed E-state index contributed by atoms with van der Waals surface area (Å²) in [6, 6.07) is 0. The summed E-state index contributed by atoms with van der Waals surface area (Å²) in [5.74, 6) is 0.863. The monoisotopic (exact) mass is 547 g/mol. The Balaban J connectivity index is 1.70. The molecule has 0 spiro atoms. The lowest BCUT2D eigenvalue weighted by atomic mass is 10.0. The van der Waals surface area contributed by atoms with Gasteiger partial charge in [-0.05, 0) is 162 Å². The normalized spacial score (nSPS) is 34.2. The molecule has 0 aromatic rings. The van der Waals surface area contributed by atoms with Crippen LogP contribution in [0.25, 0.3) is 0 Å². The Morgan fingerprint density at radius 1 is 0.256 bits per heavy atom. The van der Waals surface area contributed by atoms with E-state index < -0.39 is 0 Å². The van der Waals surface area contributed by atoms with Crippen molar-refractivity contribution in [1.82, 2.24) is 19.6 Å². The van der Waals surface area contributed by atoms with Gasteiger partial charge in [-0.15, -0.1) is 0 Å². The largest absolute Gasteiger partial charge is 0.303 e. The first-order valence-corrected chi connectivity index (χ1v) is 18.2. The average molecular weight is 547 g/mol. The summed E-state index contributed by atoms with van der Waals surface area (Å²) in [7, 11) is 0. The van der Waals surface area contributed by atoms with Gasteiger partial charge in [0.15, 0.2) is 0 Å². The molecular formula is C35H70N4. The Labute approximate surface area is 245 Å². The van der Waals surface area contributed by atoms with Gasteiger partial charge in [0.2, 0.25) is 0 Å². The summed E-state index contributed by atoms with van der Waals surface area (Å²) in [6.45, 7) is 18.7. The zero-order valence-electron chi connectivity index (χ0n) is 26.7. The molecule has 0 aromatic heterocycles. The number of nitrogens with zero attached hydrogens (tertiary/aromatic N) is 4. The second-order valence-electron chi connectivity index (χ2n) is 13.8. The molecule has 39 heavy (non-hydrogen) atoms. The van der Waals surface area contributed by atoms with E-state index in [4.69, 9.17) is 0 Å². The highest BCUT2D eigenvalue weighted by atomic mass is 15.1. The van der Waals surface area contributed by atoms with Crippen LogP contribution in [0.3, 0.4) is 0 Å². The fourth-order valence-electron chi connectivity index (χ4n) is 7.24. The molecule has 4 bridgehead atoms. The van der Waals surface area contributed by atoms with Crippen molar-refractivity contribution in [2.24, 2.45) is 5.92 Å². The first kappa shape index (κ1) is 33.3. The number of fused-ring (bicyclic) bond motifs is 28. The van der Waals surface area contributed by atoms with Gasteiger partial charge in [0.25, 0.3) is 0 Å². The lowest BCUT2D eigenvalue weighted by Crippen LogP contribution is -2.31. The Kier molecular flexibility index (Phi) is 19.2. The smallest absolute Gasteiger partial charge is 0.00162 e. The van der Waals surface area contributed by atoms with Crippen molar-refractivity contribution in [2.75, 3.05) is 78.5 Å². The van der Waals surface area contributed by atoms with Gasteiger partial charge in [0.1, 0.15) is 0 Å². The molecule has 4 fully saturated rings. The van der Waals surface area contributed by atoms with Crippen LogP contribution in [0.15, 0.2) is 0 Å². The molecule has 0 aliphatic carbocycles.